The van der Waals surface area contributed by atoms with Gasteiger partial charge in [-0.1, -0.05) is 6.07 Å². The van der Waals surface area contributed by atoms with Gasteiger partial charge in [0.1, 0.15) is 11.8 Å². The predicted molar refractivity (Wildman–Crippen MR) is 112 cm³/mol. The summed E-state index contributed by atoms with van der Waals surface area (Å²) in [5, 5.41) is 16.1. The van der Waals surface area contributed by atoms with Crippen LogP contribution in [0.15, 0.2) is 60.9 Å². The third-order valence-electron chi connectivity index (χ3n) is 4.27. The van der Waals surface area contributed by atoms with E-state index in [2.05, 4.69) is 20.6 Å². The number of nitrogens with zero attached hydrogens (tertiary/aromatic N) is 3. The SMILES string of the molecule is Cc1cc(Oc2ncccn2)ccc1NC(=O)C(C)NC(=O)c1cccc([N+](=O)[O-])c1. The molecule has 3 aromatic rings. The normalized spacial score (nSPS) is 11.3. The number of non-ortho nitro benzene ring substituents is 1. The number of hydrogen-bond acceptors (Lipinski definition) is 7. The van der Waals surface area contributed by atoms with Crippen molar-refractivity contribution in [2.75, 3.05) is 5.32 Å². The highest BCUT2D eigenvalue weighted by atomic mass is 16.6. The molecule has 10 heteroatoms. The number of nitro benzene ring substituents is 1. The van der Waals surface area contributed by atoms with Crippen LogP contribution in [-0.4, -0.2) is 32.7 Å². The van der Waals surface area contributed by atoms with Crippen molar-refractivity contribution in [3.05, 3.63) is 82.2 Å². The first-order valence-electron chi connectivity index (χ1n) is 9.25. The number of amides is 2. The molecule has 0 saturated heterocycles. The Balaban J connectivity index is 1.62. The number of nitro groups is 1. The van der Waals surface area contributed by atoms with Gasteiger partial charge in [-0.2, -0.15) is 0 Å². The molecule has 10 nitrogen and oxygen atoms in total. The van der Waals surface area contributed by atoms with Gasteiger partial charge in [-0.3, -0.25) is 19.7 Å². The van der Waals surface area contributed by atoms with Crippen molar-refractivity contribution in [3.63, 3.8) is 0 Å². The van der Waals surface area contributed by atoms with E-state index >= 15 is 0 Å². The fraction of sp³-hybridized carbons (Fsp3) is 0.143. The molecule has 0 radical (unpaired) electrons. The van der Waals surface area contributed by atoms with Crippen molar-refractivity contribution in [3.8, 4) is 11.8 Å². The molecule has 31 heavy (non-hydrogen) atoms. The molecule has 1 heterocycles. The third kappa shape index (κ3) is 5.60. The maximum Gasteiger partial charge on any atom is 0.321 e. The summed E-state index contributed by atoms with van der Waals surface area (Å²) < 4.78 is 5.55. The number of carbonyl (C=O) groups excluding carboxylic acids is 2. The molecule has 0 aliphatic heterocycles. The smallest absolute Gasteiger partial charge is 0.321 e. The van der Waals surface area contributed by atoms with E-state index in [0.717, 1.165) is 11.6 Å². The summed E-state index contributed by atoms with van der Waals surface area (Å²) in [4.78, 5) is 43.1. The van der Waals surface area contributed by atoms with Crippen LogP contribution in [-0.2, 0) is 4.79 Å². The van der Waals surface area contributed by atoms with Gasteiger partial charge in [-0.05, 0) is 49.7 Å². The predicted octanol–water partition coefficient (Wildman–Crippen LogP) is 3.24. The van der Waals surface area contributed by atoms with Crippen LogP contribution in [0.3, 0.4) is 0 Å². The van der Waals surface area contributed by atoms with Crippen LogP contribution in [0.4, 0.5) is 11.4 Å². The minimum absolute atomic E-state index is 0.0923. The molecule has 0 fully saturated rings. The van der Waals surface area contributed by atoms with Crippen molar-refractivity contribution in [1.29, 1.82) is 0 Å². The minimum Gasteiger partial charge on any atom is -0.424 e. The molecule has 3 rings (SSSR count). The van der Waals surface area contributed by atoms with Gasteiger partial charge < -0.3 is 15.4 Å². The number of anilines is 1. The van der Waals surface area contributed by atoms with Crippen LogP contribution in [0.1, 0.15) is 22.8 Å². The molecular formula is C21H19N5O5. The molecule has 0 aliphatic rings. The second-order valence-electron chi connectivity index (χ2n) is 6.60. The number of rotatable bonds is 7. The number of hydrogen-bond donors (Lipinski definition) is 2. The highest BCUT2D eigenvalue weighted by Gasteiger charge is 2.19. The third-order valence-corrected chi connectivity index (χ3v) is 4.27. The topological polar surface area (TPSA) is 136 Å². The average Bonchev–Trinajstić information content (AvgIpc) is 2.76. The zero-order valence-corrected chi connectivity index (χ0v) is 16.7. The lowest BCUT2D eigenvalue weighted by molar-refractivity contribution is -0.384. The van der Waals surface area contributed by atoms with E-state index in [-0.39, 0.29) is 17.3 Å². The average molecular weight is 421 g/mol. The second kappa shape index (κ2) is 9.44. The number of aromatic nitrogens is 2. The minimum atomic E-state index is -0.875. The molecule has 2 amide bonds. The van der Waals surface area contributed by atoms with Crippen molar-refractivity contribution >= 4 is 23.2 Å². The van der Waals surface area contributed by atoms with E-state index in [1.54, 1.807) is 43.6 Å². The first-order chi connectivity index (χ1) is 14.8. The fourth-order valence-electron chi connectivity index (χ4n) is 2.63. The van der Waals surface area contributed by atoms with Crippen LogP contribution in [0.2, 0.25) is 0 Å². The summed E-state index contributed by atoms with van der Waals surface area (Å²) in [5.41, 5.74) is 1.17. The number of ether oxygens (including phenoxy) is 1. The van der Waals surface area contributed by atoms with Gasteiger partial charge in [0.25, 0.3) is 11.6 Å². The quantitative estimate of drug-likeness (QED) is 0.441. The number of nitrogens with one attached hydrogen (secondary N) is 2. The van der Waals surface area contributed by atoms with Crippen LogP contribution < -0.4 is 15.4 Å². The summed E-state index contributed by atoms with van der Waals surface area (Å²) in [6, 6.07) is 11.3. The molecule has 2 N–H and O–H groups in total. The van der Waals surface area contributed by atoms with Crippen molar-refractivity contribution < 1.29 is 19.2 Å². The molecule has 1 atom stereocenters. The summed E-state index contributed by atoms with van der Waals surface area (Å²) in [6.07, 6.45) is 3.13. The van der Waals surface area contributed by atoms with Gasteiger partial charge in [0.2, 0.25) is 5.91 Å². The number of benzene rings is 2. The summed E-state index contributed by atoms with van der Waals surface area (Å²) >= 11 is 0. The van der Waals surface area contributed by atoms with Crippen LogP contribution in [0, 0.1) is 17.0 Å². The maximum atomic E-state index is 12.5. The maximum absolute atomic E-state index is 12.5. The zero-order chi connectivity index (χ0) is 22.4. The Kier molecular flexibility index (Phi) is 6.51. The van der Waals surface area contributed by atoms with Crippen LogP contribution in [0.5, 0.6) is 11.8 Å². The Hall–Kier alpha value is -4.34. The number of aryl methyl sites for hydroxylation is 1. The van der Waals surface area contributed by atoms with Crippen LogP contribution in [0.25, 0.3) is 0 Å². The summed E-state index contributed by atoms with van der Waals surface area (Å²) in [7, 11) is 0. The zero-order valence-electron chi connectivity index (χ0n) is 16.7. The Morgan fingerprint density at radius 3 is 2.52 bits per heavy atom. The van der Waals surface area contributed by atoms with Gasteiger partial charge in [-0.15, -0.1) is 0 Å². The van der Waals surface area contributed by atoms with E-state index in [9.17, 15) is 19.7 Å². The van der Waals surface area contributed by atoms with Crippen molar-refractivity contribution in [2.45, 2.75) is 19.9 Å². The van der Waals surface area contributed by atoms with Gasteiger partial charge in [-0.25, -0.2) is 9.97 Å². The van der Waals surface area contributed by atoms with Crippen molar-refractivity contribution in [1.82, 2.24) is 15.3 Å². The molecule has 0 spiro atoms. The Bertz CT molecular complexity index is 1120. The highest BCUT2D eigenvalue weighted by Crippen LogP contribution is 2.24. The fourth-order valence-corrected chi connectivity index (χ4v) is 2.63. The standard InChI is InChI=1S/C21H19N5O5/c1-13-11-17(31-21-22-9-4-10-23-21)7-8-18(13)25-19(27)14(2)24-20(28)15-5-3-6-16(12-15)26(29)30/h3-12,14H,1-2H3,(H,24,28)(H,25,27). The van der Waals surface area contributed by atoms with Crippen molar-refractivity contribution in [2.24, 2.45) is 0 Å². The first kappa shape index (κ1) is 21.4. The van der Waals surface area contributed by atoms with E-state index < -0.39 is 22.8 Å². The molecule has 2 aromatic carbocycles. The molecule has 1 unspecified atom stereocenters. The summed E-state index contributed by atoms with van der Waals surface area (Å²) in [5.74, 6) is -0.523. The Morgan fingerprint density at radius 2 is 1.84 bits per heavy atom. The molecule has 1 aromatic heterocycles. The van der Waals surface area contributed by atoms with Gasteiger partial charge in [0, 0.05) is 35.8 Å². The lowest BCUT2D eigenvalue weighted by Crippen LogP contribution is -2.41. The first-order valence-corrected chi connectivity index (χ1v) is 9.25. The number of carbonyl (C=O) groups is 2. The Labute approximate surface area is 177 Å². The highest BCUT2D eigenvalue weighted by molar-refractivity contribution is 6.01. The monoisotopic (exact) mass is 421 g/mol. The van der Waals surface area contributed by atoms with Gasteiger partial charge in [0.15, 0.2) is 0 Å². The van der Waals surface area contributed by atoms with E-state index in [4.69, 9.17) is 4.74 Å². The van der Waals surface area contributed by atoms with Crippen LogP contribution >= 0.6 is 0 Å². The van der Waals surface area contributed by atoms with E-state index in [0.29, 0.717) is 11.4 Å². The Morgan fingerprint density at radius 1 is 1.10 bits per heavy atom. The van der Waals surface area contributed by atoms with Gasteiger partial charge in [0.05, 0.1) is 4.92 Å². The van der Waals surface area contributed by atoms with E-state index in [1.807, 2.05) is 0 Å². The second-order valence-corrected chi connectivity index (χ2v) is 6.60. The summed E-state index contributed by atoms with van der Waals surface area (Å²) in [6.45, 7) is 3.31. The molecular weight excluding hydrogens is 402 g/mol. The molecule has 0 saturated carbocycles. The lowest BCUT2D eigenvalue weighted by atomic mass is 10.1. The van der Waals surface area contributed by atoms with Gasteiger partial charge >= 0.3 is 6.01 Å². The van der Waals surface area contributed by atoms with E-state index in [1.165, 1.54) is 25.1 Å². The molecule has 0 bridgehead atoms. The largest absolute Gasteiger partial charge is 0.424 e. The molecule has 0 aliphatic carbocycles. The lowest BCUT2D eigenvalue weighted by Gasteiger charge is -2.16. The molecule has 158 valence electrons.